The average molecular weight is 377 g/mol. The van der Waals surface area contributed by atoms with Crippen LogP contribution in [0.5, 0.6) is 0 Å². The third-order valence-electron chi connectivity index (χ3n) is 5.16. The fourth-order valence-corrected chi connectivity index (χ4v) is 3.66. The standard InChI is InChI=1S/C22H23N3O3/c23-12-20-11-18(14-28-20)22(27)25-9-3-6-19(13-25)24-21(26)17-8-7-15-4-1-2-5-16(15)10-17/h1-2,4-5,7-8,10-11,14,19H,3,6,9,12-13,23H2,(H,24,26). The summed E-state index contributed by atoms with van der Waals surface area (Å²) in [5.41, 5.74) is 6.67. The molecule has 1 fully saturated rings. The van der Waals surface area contributed by atoms with Gasteiger partial charge in [-0.05, 0) is 41.8 Å². The first-order chi connectivity index (χ1) is 13.6. The summed E-state index contributed by atoms with van der Waals surface area (Å²) < 4.78 is 5.27. The zero-order valence-electron chi connectivity index (χ0n) is 15.6. The number of furan rings is 1. The zero-order chi connectivity index (χ0) is 19.5. The molecule has 0 aliphatic carbocycles. The molecule has 28 heavy (non-hydrogen) atoms. The Morgan fingerprint density at radius 2 is 1.93 bits per heavy atom. The molecule has 0 radical (unpaired) electrons. The molecule has 6 nitrogen and oxygen atoms in total. The van der Waals surface area contributed by atoms with E-state index in [9.17, 15) is 9.59 Å². The second kappa shape index (κ2) is 7.86. The minimum Gasteiger partial charge on any atom is -0.467 e. The molecule has 0 bridgehead atoms. The van der Waals surface area contributed by atoms with Gasteiger partial charge in [-0.1, -0.05) is 30.3 Å². The minimum absolute atomic E-state index is 0.0717. The molecule has 1 unspecified atom stereocenters. The summed E-state index contributed by atoms with van der Waals surface area (Å²) in [7, 11) is 0. The van der Waals surface area contributed by atoms with Crippen molar-refractivity contribution in [3.63, 3.8) is 0 Å². The fraction of sp³-hybridized carbons (Fsp3) is 0.273. The molecule has 1 aromatic heterocycles. The first-order valence-electron chi connectivity index (χ1n) is 9.50. The number of nitrogens with zero attached hydrogens (tertiary/aromatic N) is 1. The van der Waals surface area contributed by atoms with Gasteiger partial charge in [0.1, 0.15) is 12.0 Å². The molecule has 144 valence electrons. The van der Waals surface area contributed by atoms with Gasteiger partial charge in [0.15, 0.2) is 0 Å². The van der Waals surface area contributed by atoms with Crippen molar-refractivity contribution < 1.29 is 14.0 Å². The van der Waals surface area contributed by atoms with E-state index in [0.717, 1.165) is 23.6 Å². The highest BCUT2D eigenvalue weighted by Crippen LogP contribution is 2.18. The number of nitrogens with two attached hydrogens (primary N) is 1. The summed E-state index contributed by atoms with van der Waals surface area (Å²) in [6, 6.07) is 15.2. The van der Waals surface area contributed by atoms with Crippen LogP contribution in [0.15, 0.2) is 59.2 Å². The monoisotopic (exact) mass is 377 g/mol. The van der Waals surface area contributed by atoms with Crippen molar-refractivity contribution in [2.75, 3.05) is 13.1 Å². The van der Waals surface area contributed by atoms with Gasteiger partial charge < -0.3 is 20.4 Å². The summed E-state index contributed by atoms with van der Waals surface area (Å²) >= 11 is 0. The average Bonchev–Trinajstić information content (AvgIpc) is 3.22. The number of benzene rings is 2. The SMILES string of the molecule is NCc1cc(C(=O)N2CCCC(NC(=O)c3ccc4ccccc4c3)C2)co1. The normalized spacial score (nSPS) is 16.9. The van der Waals surface area contributed by atoms with Crippen LogP contribution in [0.2, 0.25) is 0 Å². The molecule has 1 aliphatic heterocycles. The Morgan fingerprint density at radius 1 is 1.11 bits per heavy atom. The number of carbonyl (C=O) groups excluding carboxylic acids is 2. The molecular formula is C22H23N3O3. The van der Waals surface area contributed by atoms with Gasteiger partial charge in [-0.3, -0.25) is 9.59 Å². The van der Waals surface area contributed by atoms with E-state index >= 15 is 0 Å². The first-order valence-corrected chi connectivity index (χ1v) is 9.50. The molecule has 4 rings (SSSR count). The van der Waals surface area contributed by atoms with Crippen molar-refractivity contribution in [2.45, 2.75) is 25.4 Å². The van der Waals surface area contributed by atoms with Crippen LogP contribution in [0.3, 0.4) is 0 Å². The van der Waals surface area contributed by atoms with Crippen molar-refractivity contribution >= 4 is 22.6 Å². The highest BCUT2D eigenvalue weighted by atomic mass is 16.3. The van der Waals surface area contributed by atoms with Gasteiger partial charge in [-0.2, -0.15) is 0 Å². The minimum atomic E-state index is -0.112. The number of fused-ring (bicyclic) bond motifs is 1. The quantitative estimate of drug-likeness (QED) is 0.732. The highest BCUT2D eigenvalue weighted by molar-refractivity contribution is 5.99. The van der Waals surface area contributed by atoms with Crippen LogP contribution >= 0.6 is 0 Å². The number of hydrogen-bond donors (Lipinski definition) is 2. The summed E-state index contributed by atoms with van der Waals surface area (Å²) in [6.45, 7) is 1.42. The molecule has 3 aromatic rings. The predicted molar refractivity (Wildman–Crippen MR) is 107 cm³/mol. The molecule has 0 saturated carbocycles. The van der Waals surface area contributed by atoms with Crippen molar-refractivity contribution in [1.29, 1.82) is 0 Å². The molecule has 1 saturated heterocycles. The van der Waals surface area contributed by atoms with E-state index in [2.05, 4.69) is 5.32 Å². The van der Waals surface area contributed by atoms with Crippen molar-refractivity contribution in [3.8, 4) is 0 Å². The second-order valence-corrected chi connectivity index (χ2v) is 7.13. The molecule has 3 N–H and O–H groups in total. The van der Waals surface area contributed by atoms with Crippen molar-refractivity contribution in [1.82, 2.24) is 10.2 Å². The molecule has 6 heteroatoms. The molecule has 1 atom stereocenters. The number of nitrogens with one attached hydrogen (secondary N) is 1. The van der Waals surface area contributed by atoms with E-state index in [1.807, 2.05) is 42.5 Å². The first kappa shape index (κ1) is 18.3. The fourth-order valence-electron chi connectivity index (χ4n) is 3.66. The molecule has 1 aliphatic rings. The number of rotatable bonds is 4. The lowest BCUT2D eigenvalue weighted by molar-refractivity contribution is 0.0675. The molecule has 2 heterocycles. The largest absolute Gasteiger partial charge is 0.467 e. The maximum atomic E-state index is 12.7. The van der Waals surface area contributed by atoms with E-state index in [4.69, 9.17) is 10.2 Å². The van der Waals surface area contributed by atoms with E-state index in [0.29, 0.717) is 30.0 Å². The van der Waals surface area contributed by atoms with Crippen LogP contribution in [-0.2, 0) is 6.54 Å². The van der Waals surface area contributed by atoms with Gasteiger partial charge in [0.2, 0.25) is 0 Å². The van der Waals surface area contributed by atoms with Gasteiger partial charge in [0.05, 0.1) is 12.1 Å². The number of hydrogen-bond acceptors (Lipinski definition) is 4. The Bertz CT molecular complexity index is 1010. The van der Waals surface area contributed by atoms with Crippen LogP contribution < -0.4 is 11.1 Å². The molecule has 0 spiro atoms. The number of carbonyl (C=O) groups is 2. The van der Waals surface area contributed by atoms with E-state index in [-0.39, 0.29) is 24.4 Å². The van der Waals surface area contributed by atoms with Gasteiger partial charge in [0.25, 0.3) is 11.8 Å². The third-order valence-corrected chi connectivity index (χ3v) is 5.16. The Labute approximate surface area is 163 Å². The van der Waals surface area contributed by atoms with E-state index in [1.165, 1.54) is 6.26 Å². The lowest BCUT2D eigenvalue weighted by Gasteiger charge is -2.33. The van der Waals surface area contributed by atoms with E-state index < -0.39 is 0 Å². The lowest BCUT2D eigenvalue weighted by atomic mass is 10.0. The summed E-state index contributed by atoms with van der Waals surface area (Å²) in [6.07, 6.45) is 3.14. The number of piperidine rings is 1. The van der Waals surface area contributed by atoms with Gasteiger partial charge in [0, 0.05) is 24.7 Å². The smallest absolute Gasteiger partial charge is 0.257 e. The van der Waals surface area contributed by atoms with Crippen LogP contribution in [0.25, 0.3) is 10.8 Å². The molecule has 2 amide bonds. The topological polar surface area (TPSA) is 88.6 Å². The summed E-state index contributed by atoms with van der Waals surface area (Å²) in [4.78, 5) is 27.2. The third kappa shape index (κ3) is 3.77. The predicted octanol–water partition coefficient (Wildman–Crippen LogP) is 2.93. The highest BCUT2D eigenvalue weighted by Gasteiger charge is 2.26. The molecular weight excluding hydrogens is 354 g/mol. The van der Waals surface area contributed by atoms with Crippen molar-refractivity contribution in [3.05, 3.63) is 71.7 Å². The van der Waals surface area contributed by atoms with Crippen LogP contribution in [0.1, 0.15) is 39.3 Å². The molecule has 2 aromatic carbocycles. The maximum Gasteiger partial charge on any atom is 0.257 e. The lowest BCUT2D eigenvalue weighted by Crippen LogP contribution is -2.49. The van der Waals surface area contributed by atoms with Crippen molar-refractivity contribution in [2.24, 2.45) is 5.73 Å². The van der Waals surface area contributed by atoms with E-state index in [1.54, 1.807) is 11.0 Å². The Balaban J connectivity index is 1.42. The number of likely N-dealkylation sites (tertiary alicyclic amines) is 1. The second-order valence-electron chi connectivity index (χ2n) is 7.13. The number of amides is 2. The van der Waals surface area contributed by atoms with Crippen LogP contribution in [-0.4, -0.2) is 35.8 Å². The zero-order valence-corrected chi connectivity index (χ0v) is 15.6. The van der Waals surface area contributed by atoms with Crippen LogP contribution in [0.4, 0.5) is 0 Å². The van der Waals surface area contributed by atoms with Gasteiger partial charge in [-0.15, -0.1) is 0 Å². The Hall–Kier alpha value is -3.12. The summed E-state index contributed by atoms with van der Waals surface area (Å²) in [5.74, 6) is 0.383. The Kier molecular flexibility index (Phi) is 5.12. The van der Waals surface area contributed by atoms with Gasteiger partial charge in [-0.25, -0.2) is 0 Å². The Morgan fingerprint density at radius 3 is 2.71 bits per heavy atom. The summed E-state index contributed by atoms with van der Waals surface area (Å²) in [5, 5.41) is 5.21. The maximum absolute atomic E-state index is 12.7. The van der Waals surface area contributed by atoms with Crippen LogP contribution in [0, 0.1) is 0 Å². The van der Waals surface area contributed by atoms with Gasteiger partial charge >= 0.3 is 0 Å².